The predicted molar refractivity (Wildman–Crippen MR) is 129 cm³/mol. The van der Waals surface area contributed by atoms with Crippen molar-refractivity contribution in [3.8, 4) is 11.1 Å². The fourth-order valence-corrected chi connectivity index (χ4v) is 4.82. The van der Waals surface area contributed by atoms with Gasteiger partial charge in [-0.2, -0.15) is 0 Å². The second kappa shape index (κ2) is 9.79. The largest absolute Gasteiger partial charge is 0.451 e. The maximum atomic E-state index is 12.7. The van der Waals surface area contributed by atoms with Gasteiger partial charge < -0.3 is 20.0 Å². The molecule has 0 radical (unpaired) electrons. The average Bonchev–Trinajstić information content (AvgIpc) is 3.32. The Morgan fingerprint density at radius 1 is 0.939 bits per heavy atom. The molecule has 0 spiro atoms. The molecule has 0 unspecified atom stereocenters. The number of rotatable bonds is 5. The number of nitrogens with one attached hydrogen (secondary N) is 2. The maximum absolute atomic E-state index is 12.7. The lowest BCUT2D eigenvalue weighted by atomic mass is 9.98. The smallest absolute Gasteiger partial charge is 0.287 e. The van der Waals surface area contributed by atoms with Gasteiger partial charge in [0.25, 0.3) is 11.8 Å². The summed E-state index contributed by atoms with van der Waals surface area (Å²) in [4.78, 5) is 27.2. The second-order valence-electron chi connectivity index (χ2n) is 9.20. The number of amides is 2. The van der Waals surface area contributed by atoms with Crippen LogP contribution in [0.2, 0.25) is 0 Å². The molecule has 5 rings (SSSR count). The van der Waals surface area contributed by atoms with E-state index >= 15 is 0 Å². The Bertz CT molecular complexity index is 1120. The van der Waals surface area contributed by atoms with Gasteiger partial charge in [0, 0.05) is 30.6 Å². The van der Waals surface area contributed by atoms with E-state index in [4.69, 9.17) is 4.42 Å². The molecule has 6 nitrogen and oxygen atoms in total. The van der Waals surface area contributed by atoms with E-state index in [1.54, 1.807) is 6.07 Å². The number of furan rings is 1. The molecule has 2 amide bonds. The third kappa shape index (κ3) is 4.96. The van der Waals surface area contributed by atoms with Crippen LogP contribution in [-0.4, -0.2) is 49.4 Å². The van der Waals surface area contributed by atoms with E-state index in [9.17, 15) is 9.59 Å². The Morgan fingerprint density at radius 2 is 1.67 bits per heavy atom. The summed E-state index contributed by atoms with van der Waals surface area (Å²) in [5.41, 5.74) is 3.43. The summed E-state index contributed by atoms with van der Waals surface area (Å²) < 4.78 is 5.89. The van der Waals surface area contributed by atoms with Crippen LogP contribution in [0.3, 0.4) is 0 Å². The van der Waals surface area contributed by atoms with Gasteiger partial charge in [0.05, 0.1) is 0 Å². The van der Waals surface area contributed by atoms with Crippen LogP contribution in [-0.2, 0) is 0 Å². The van der Waals surface area contributed by atoms with Crippen molar-refractivity contribution in [1.29, 1.82) is 0 Å². The van der Waals surface area contributed by atoms with Crippen LogP contribution >= 0.6 is 0 Å². The van der Waals surface area contributed by atoms with E-state index in [0.717, 1.165) is 73.9 Å². The molecule has 1 aromatic heterocycles. The zero-order chi connectivity index (χ0) is 22.6. The summed E-state index contributed by atoms with van der Waals surface area (Å²) in [7, 11) is 0. The molecule has 2 aliphatic heterocycles. The molecule has 172 valence electrons. The van der Waals surface area contributed by atoms with Crippen LogP contribution in [0.15, 0.2) is 52.9 Å². The average molecular weight is 446 g/mol. The van der Waals surface area contributed by atoms with Crippen molar-refractivity contribution >= 4 is 22.8 Å². The minimum absolute atomic E-state index is 0.114. The number of carbonyl (C=O) groups is 2. The summed E-state index contributed by atoms with van der Waals surface area (Å²) in [5, 5.41) is 7.27. The quantitative estimate of drug-likeness (QED) is 0.608. The Labute approximate surface area is 194 Å². The molecule has 2 aliphatic rings. The van der Waals surface area contributed by atoms with Gasteiger partial charge in [-0.1, -0.05) is 24.3 Å². The predicted octanol–water partition coefficient (Wildman–Crippen LogP) is 4.46. The monoisotopic (exact) mass is 445 g/mol. The van der Waals surface area contributed by atoms with Crippen LogP contribution < -0.4 is 10.6 Å². The molecular formula is C27H31N3O3. The maximum Gasteiger partial charge on any atom is 0.287 e. The summed E-state index contributed by atoms with van der Waals surface area (Å²) in [6, 6.07) is 15.5. The van der Waals surface area contributed by atoms with E-state index < -0.39 is 0 Å². The molecule has 2 saturated heterocycles. The van der Waals surface area contributed by atoms with Gasteiger partial charge in [-0.15, -0.1) is 0 Å². The number of piperidine rings is 2. The minimum Gasteiger partial charge on any atom is -0.451 e. The molecule has 0 aliphatic carbocycles. The van der Waals surface area contributed by atoms with Gasteiger partial charge in [0.1, 0.15) is 5.58 Å². The van der Waals surface area contributed by atoms with Crippen LogP contribution in [0.5, 0.6) is 0 Å². The molecular weight excluding hydrogens is 414 g/mol. The van der Waals surface area contributed by atoms with Crippen molar-refractivity contribution < 1.29 is 14.0 Å². The van der Waals surface area contributed by atoms with Crippen molar-refractivity contribution in [2.24, 2.45) is 5.92 Å². The summed E-state index contributed by atoms with van der Waals surface area (Å²) in [6.07, 6.45) is 5.56. The molecule has 2 N–H and O–H groups in total. The second-order valence-corrected chi connectivity index (χ2v) is 9.20. The zero-order valence-electron chi connectivity index (χ0n) is 18.9. The third-order valence-corrected chi connectivity index (χ3v) is 6.86. The first kappa shape index (κ1) is 21.7. The molecule has 2 aromatic carbocycles. The molecule has 0 bridgehead atoms. The van der Waals surface area contributed by atoms with Crippen LogP contribution in [0.1, 0.15) is 53.0 Å². The van der Waals surface area contributed by atoms with Crippen molar-refractivity contribution in [3.63, 3.8) is 0 Å². The molecule has 2 fully saturated rings. The standard InChI is InChI=1S/C27H31N3O3/c31-26(29-18-19-10-12-28-13-11-19)25-17-23-9-8-22(16-24(23)33-25)20-4-6-21(7-5-20)27(32)30-14-2-1-3-15-30/h4-9,16-17,19,28H,1-3,10-15,18H2,(H,29,31). The molecule has 3 aromatic rings. The van der Waals surface area contributed by atoms with Gasteiger partial charge in [0.15, 0.2) is 5.76 Å². The highest BCUT2D eigenvalue weighted by atomic mass is 16.3. The first-order valence-corrected chi connectivity index (χ1v) is 12.1. The number of carbonyl (C=O) groups excluding carboxylic acids is 2. The van der Waals surface area contributed by atoms with E-state index in [0.29, 0.717) is 23.8 Å². The van der Waals surface area contributed by atoms with Gasteiger partial charge in [-0.25, -0.2) is 0 Å². The van der Waals surface area contributed by atoms with E-state index in [-0.39, 0.29) is 11.8 Å². The minimum atomic E-state index is -0.160. The van der Waals surface area contributed by atoms with Crippen LogP contribution in [0.25, 0.3) is 22.1 Å². The first-order chi connectivity index (χ1) is 16.2. The number of fused-ring (bicyclic) bond motifs is 1. The van der Waals surface area contributed by atoms with E-state index in [1.807, 2.05) is 47.4 Å². The third-order valence-electron chi connectivity index (χ3n) is 6.86. The van der Waals surface area contributed by atoms with Crippen LogP contribution in [0, 0.1) is 5.92 Å². The van der Waals surface area contributed by atoms with Crippen molar-refractivity contribution in [2.45, 2.75) is 32.1 Å². The molecule has 0 saturated carbocycles. The highest BCUT2D eigenvalue weighted by molar-refractivity contribution is 5.97. The topological polar surface area (TPSA) is 74.6 Å². The lowest BCUT2D eigenvalue weighted by molar-refractivity contribution is 0.0724. The van der Waals surface area contributed by atoms with Crippen molar-refractivity contribution in [2.75, 3.05) is 32.7 Å². The molecule has 6 heteroatoms. The Kier molecular flexibility index (Phi) is 6.44. The van der Waals surface area contributed by atoms with Gasteiger partial charge in [0.2, 0.25) is 0 Å². The van der Waals surface area contributed by atoms with E-state index in [2.05, 4.69) is 10.6 Å². The Balaban J connectivity index is 1.27. The number of hydrogen-bond acceptors (Lipinski definition) is 4. The lowest BCUT2D eigenvalue weighted by Crippen LogP contribution is -2.35. The summed E-state index contributed by atoms with van der Waals surface area (Å²) in [6.45, 7) is 4.42. The summed E-state index contributed by atoms with van der Waals surface area (Å²) >= 11 is 0. The SMILES string of the molecule is O=C(NCC1CCNCC1)c1cc2ccc(-c3ccc(C(=O)N4CCCCC4)cc3)cc2o1. The highest BCUT2D eigenvalue weighted by Crippen LogP contribution is 2.27. The number of hydrogen-bond donors (Lipinski definition) is 2. The fraction of sp³-hybridized carbons (Fsp3) is 0.407. The molecule has 3 heterocycles. The Hall–Kier alpha value is -3.12. The molecule has 33 heavy (non-hydrogen) atoms. The lowest BCUT2D eigenvalue weighted by Gasteiger charge is -2.26. The Morgan fingerprint density at radius 3 is 2.42 bits per heavy atom. The van der Waals surface area contributed by atoms with Gasteiger partial charge >= 0.3 is 0 Å². The summed E-state index contributed by atoms with van der Waals surface area (Å²) in [5.74, 6) is 0.823. The number of benzene rings is 2. The fourth-order valence-electron chi connectivity index (χ4n) is 4.82. The number of nitrogens with zero attached hydrogens (tertiary/aromatic N) is 1. The number of likely N-dealkylation sites (tertiary alicyclic amines) is 1. The van der Waals surface area contributed by atoms with Crippen molar-refractivity contribution in [3.05, 3.63) is 59.9 Å². The first-order valence-electron chi connectivity index (χ1n) is 12.1. The zero-order valence-corrected chi connectivity index (χ0v) is 18.9. The van der Waals surface area contributed by atoms with Crippen LogP contribution in [0.4, 0.5) is 0 Å². The highest BCUT2D eigenvalue weighted by Gasteiger charge is 2.19. The molecule has 0 atom stereocenters. The van der Waals surface area contributed by atoms with Gasteiger partial charge in [-0.3, -0.25) is 9.59 Å². The van der Waals surface area contributed by atoms with Gasteiger partial charge in [-0.05, 0) is 86.5 Å². The van der Waals surface area contributed by atoms with E-state index in [1.165, 1.54) is 6.42 Å². The van der Waals surface area contributed by atoms with Crippen molar-refractivity contribution in [1.82, 2.24) is 15.5 Å². The normalized spacial score (nSPS) is 17.3.